The molecular formula is C32H22N2O2. The first-order valence-corrected chi connectivity index (χ1v) is 11.9. The zero-order valence-electron chi connectivity index (χ0n) is 19.4. The zero-order valence-corrected chi connectivity index (χ0v) is 19.4. The van der Waals surface area contributed by atoms with Gasteiger partial charge in [0.2, 0.25) is 5.91 Å². The van der Waals surface area contributed by atoms with Crippen molar-refractivity contribution in [2.24, 2.45) is 4.99 Å². The fraction of sp³-hybridized carbons (Fsp3) is 0.0312. The topological polar surface area (TPSA) is 49.7 Å². The summed E-state index contributed by atoms with van der Waals surface area (Å²) in [6, 6.07) is 40.3. The third-order valence-electron chi connectivity index (χ3n) is 6.54. The number of fused-ring (bicyclic) bond motifs is 2. The number of amides is 2. The van der Waals surface area contributed by atoms with Crippen molar-refractivity contribution in [3.63, 3.8) is 0 Å². The van der Waals surface area contributed by atoms with E-state index in [0.717, 1.165) is 21.9 Å². The average molecular weight is 467 g/mol. The van der Waals surface area contributed by atoms with E-state index in [-0.39, 0.29) is 11.6 Å². The van der Waals surface area contributed by atoms with Crippen LogP contribution in [0.15, 0.2) is 132 Å². The van der Waals surface area contributed by atoms with E-state index in [2.05, 4.69) is 0 Å². The van der Waals surface area contributed by atoms with Gasteiger partial charge in [0.05, 0.1) is 17.3 Å². The van der Waals surface area contributed by atoms with Crippen LogP contribution < -0.4 is 4.90 Å². The summed E-state index contributed by atoms with van der Waals surface area (Å²) < 4.78 is 0. The summed E-state index contributed by atoms with van der Waals surface area (Å²) in [4.78, 5) is 34.2. The van der Waals surface area contributed by atoms with E-state index in [1.165, 1.54) is 4.90 Å². The van der Waals surface area contributed by atoms with Gasteiger partial charge in [-0.15, -0.1) is 0 Å². The van der Waals surface area contributed by atoms with Crippen LogP contribution in [0.2, 0.25) is 0 Å². The summed E-state index contributed by atoms with van der Waals surface area (Å²) in [7, 11) is 0. The number of carbonyl (C=O) groups is 2. The number of imide groups is 1. The molecule has 0 saturated carbocycles. The van der Waals surface area contributed by atoms with Gasteiger partial charge >= 0.3 is 0 Å². The van der Waals surface area contributed by atoms with Crippen LogP contribution in [0, 0.1) is 0 Å². The largest absolute Gasteiger partial charge is 0.284 e. The lowest BCUT2D eigenvalue weighted by atomic mass is 9.90. The van der Waals surface area contributed by atoms with Crippen LogP contribution >= 0.6 is 0 Å². The number of rotatable bonds is 4. The Bertz CT molecular complexity index is 1580. The minimum atomic E-state index is -0.624. The van der Waals surface area contributed by atoms with Crippen LogP contribution in [-0.4, -0.2) is 17.5 Å². The minimum absolute atomic E-state index is 0.273. The van der Waals surface area contributed by atoms with Gasteiger partial charge in [-0.05, 0) is 28.6 Å². The number of nitrogens with zero attached hydrogens (tertiary/aromatic N) is 2. The summed E-state index contributed by atoms with van der Waals surface area (Å²) in [6.07, 6.45) is 0. The molecule has 0 bridgehead atoms. The monoisotopic (exact) mass is 466 g/mol. The lowest BCUT2D eigenvalue weighted by Gasteiger charge is -2.23. The molecule has 4 heteroatoms. The number of aliphatic imine (C=N–C) groups is 1. The molecule has 1 heterocycles. The van der Waals surface area contributed by atoms with Crippen LogP contribution in [0.25, 0.3) is 10.8 Å². The molecule has 0 saturated heterocycles. The van der Waals surface area contributed by atoms with Crippen molar-refractivity contribution in [1.29, 1.82) is 0 Å². The molecule has 0 atom stereocenters. The first-order chi connectivity index (χ1) is 17.7. The SMILES string of the molecule is O=C1C(=Nc2cccc3ccccc23)c2ccccc2N1C(=O)C(c1ccccc1)c1ccccc1. The summed E-state index contributed by atoms with van der Waals surface area (Å²) in [5, 5.41) is 1.99. The van der Waals surface area contributed by atoms with Gasteiger partial charge < -0.3 is 0 Å². The Hall–Kier alpha value is -4.83. The van der Waals surface area contributed by atoms with Crippen molar-refractivity contribution >= 4 is 39.7 Å². The van der Waals surface area contributed by atoms with Crippen LogP contribution in [0.1, 0.15) is 22.6 Å². The summed E-state index contributed by atoms with van der Waals surface area (Å²) >= 11 is 0. The van der Waals surface area contributed by atoms with Crippen LogP contribution in [0.4, 0.5) is 11.4 Å². The molecule has 36 heavy (non-hydrogen) atoms. The third-order valence-corrected chi connectivity index (χ3v) is 6.54. The second-order valence-electron chi connectivity index (χ2n) is 8.71. The fourth-order valence-corrected chi connectivity index (χ4v) is 4.85. The van der Waals surface area contributed by atoms with Gasteiger partial charge in [-0.1, -0.05) is 115 Å². The number of carbonyl (C=O) groups excluding carboxylic acids is 2. The molecule has 0 radical (unpaired) electrons. The predicted molar refractivity (Wildman–Crippen MR) is 144 cm³/mol. The standard InChI is InChI=1S/C32H22N2O2/c35-31(29(23-13-3-1-4-14-23)24-15-5-2-6-16-24)34-28-21-10-9-19-26(28)30(32(34)36)33-27-20-11-17-22-12-7-8-18-25(22)27/h1-21,29H. The highest BCUT2D eigenvalue weighted by molar-refractivity contribution is 6.58. The minimum Gasteiger partial charge on any atom is -0.273 e. The molecule has 0 aromatic heterocycles. The second-order valence-corrected chi connectivity index (χ2v) is 8.71. The van der Waals surface area contributed by atoms with E-state index in [0.29, 0.717) is 16.9 Å². The summed E-state index contributed by atoms with van der Waals surface area (Å²) in [5.74, 6) is -1.33. The van der Waals surface area contributed by atoms with E-state index in [1.54, 1.807) is 0 Å². The van der Waals surface area contributed by atoms with Crippen molar-refractivity contribution in [2.45, 2.75) is 5.92 Å². The van der Waals surface area contributed by atoms with Crippen LogP contribution in [-0.2, 0) is 9.59 Å². The molecule has 172 valence electrons. The molecule has 0 fully saturated rings. The first-order valence-electron chi connectivity index (χ1n) is 11.9. The van der Waals surface area contributed by atoms with E-state index >= 15 is 0 Å². The van der Waals surface area contributed by atoms with Gasteiger partial charge in [0.15, 0.2) is 0 Å². The maximum Gasteiger partial charge on any atom is 0.284 e. The van der Waals surface area contributed by atoms with Crippen LogP contribution in [0.5, 0.6) is 0 Å². The van der Waals surface area contributed by atoms with Crippen molar-refractivity contribution < 1.29 is 9.59 Å². The number of hydrogen-bond donors (Lipinski definition) is 0. The molecule has 5 aromatic carbocycles. The normalized spacial score (nSPS) is 14.0. The van der Waals surface area contributed by atoms with Crippen molar-refractivity contribution in [3.8, 4) is 0 Å². The highest BCUT2D eigenvalue weighted by Crippen LogP contribution is 2.36. The molecular weight excluding hydrogens is 444 g/mol. The molecule has 2 amide bonds. The molecule has 5 aromatic rings. The van der Waals surface area contributed by atoms with Gasteiger partial charge in [-0.3, -0.25) is 9.59 Å². The maximum atomic E-state index is 14.2. The van der Waals surface area contributed by atoms with E-state index in [1.807, 2.05) is 127 Å². The Balaban J connectivity index is 1.49. The van der Waals surface area contributed by atoms with Gasteiger partial charge in [0.25, 0.3) is 5.91 Å². The Labute approximate surface area is 209 Å². The van der Waals surface area contributed by atoms with Gasteiger partial charge in [0.1, 0.15) is 5.71 Å². The second kappa shape index (κ2) is 9.08. The number of anilines is 1. The maximum absolute atomic E-state index is 14.2. The quantitative estimate of drug-likeness (QED) is 0.297. The molecule has 0 N–H and O–H groups in total. The molecule has 0 unspecified atom stereocenters. The summed E-state index contributed by atoms with van der Waals surface area (Å²) in [6.45, 7) is 0. The van der Waals surface area contributed by atoms with Gasteiger partial charge in [-0.2, -0.15) is 0 Å². The zero-order chi connectivity index (χ0) is 24.5. The van der Waals surface area contributed by atoms with Crippen molar-refractivity contribution in [3.05, 3.63) is 144 Å². The van der Waals surface area contributed by atoms with Crippen molar-refractivity contribution in [2.75, 3.05) is 4.90 Å². The Morgan fingerprint density at radius 2 is 1.22 bits per heavy atom. The number of para-hydroxylation sites is 1. The highest BCUT2D eigenvalue weighted by Gasteiger charge is 2.41. The summed E-state index contributed by atoms with van der Waals surface area (Å²) in [5.41, 5.74) is 3.85. The van der Waals surface area contributed by atoms with Gasteiger partial charge in [-0.25, -0.2) is 9.89 Å². The molecule has 1 aliphatic rings. The fourth-order valence-electron chi connectivity index (χ4n) is 4.85. The predicted octanol–water partition coefficient (Wildman–Crippen LogP) is 6.67. The van der Waals surface area contributed by atoms with E-state index in [9.17, 15) is 9.59 Å². The highest BCUT2D eigenvalue weighted by atomic mass is 16.2. The molecule has 6 rings (SSSR count). The number of hydrogen-bond acceptors (Lipinski definition) is 3. The Morgan fingerprint density at radius 3 is 1.94 bits per heavy atom. The third kappa shape index (κ3) is 3.69. The molecule has 0 spiro atoms. The first kappa shape index (κ1) is 21.7. The smallest absolute Gasteiger partial charge is 0.273 e. The lowest BCUT2D eigenvalue weighted by Crippen LogP contribution is -2.39. The number of benzene rings is 5. The lowest BCUT2D eigenvalue weighted by molar-refractivity contribution is -0.123. The Kier molecular flexibility index (Phi) is 5.47. The molecule has 1 aliphatic heterocycles. The average Bonchev–Trinajstić information content (AvgIpc) is 3.21. The van der Waals surface area contributed by atoms with Crippen molar-refractivity contribution in [1.82, 2.24) is 0 Å². The Morgan fingerprint density at radius 1 is 0.639 bits per heavy atom. The van der Waals surface area contributed by atoms with Gasteiger partial charge in [0, 0.05) is 10.9 Å². The molecule has 0 aliphatic carbocycles. The molecule has 4 nitrogen and oxygen atoms in total. The van der Waals surface area contributed by atoms with E-state index in [4.69, 9.17) is 4.99 Å². The van der Waals surface area contributed by atoms with E-state index < -0.39 is 11.8 Å². The van der Waals surface area contributed by atoms with Crippen LogP contribution in [0.3, 0.4) is 0 Å².